The first-order chi connectivity index (χ1) is 11.0. The fraction of sp³-hybridized carbons (Fsp3) is 0.412. The van der Waals surface area contributed by atoms with Crippen LogP contribution in [0.25, 0.3) is 0 Å². The first-order valence-corrected chi connectivity index (χ1v) is 8.35. The van der Waals surface area contributed by atoms with Crippen molar-refractivity contribution < 1.29 is 13.9 Å². The van der Waals surface area contributed by atoms with Crippen LogP contribution < -0.4 is 0 Å². The SMILES string of the molecule is CCOC(=O)CN(Cc1ccc(F)cc1)Cc1nc(C)c(C)s1. The largest absolute Gasteiger partial charge is 0.465 e. The number of ether oxygens (including phenoxy) is 1. The van der Waals surface area contributed by atoms with Crippen LogP contribution >= 0.6 is 11.3 Å². The molecule has 0 atom stereocenters. The van der Waals surface area contributed by atoms with Crippen LogP contribution in [0.2, 0.25) is 0 Å². The van der Waals surface area contributed by atoms with Crippen molar-refractivity contribution in [3.8, 4) is 0 Å². The minimum atomic E-state index is -0.267. The molecule has 0 aliphatic rings. The molecule has 0 saturated heterocycles. The second-order valence-electron chi connectivity index (χ2n) is 5.33. The number of nitrogens with zero attached hydrogens (tertiary/aromatic N) is 2. The first kappa shape index (κ1) is 17.6. The number of hydrogen-bond donors (Lipinski definition) is 0. The molecule has 0 bridgehead atoms. The van der Waals surface area contributed by atoms with E-state index in [0.29, 0.717) is 19.7 Å². The van der Waals surface area contributed by atoms with Gasteiger partial charge in [-0.1, -0.05) is 12.1 Å². The van der Waals surface area contributed by atoms with Gasteiger partial charge in [-0.15, -0.1) is 11.3 Å². The van der Waals surface area contributed by atoms with Gasteiger partial charge in [-0.2, -0.15) is 0 Å². The molecule has 0 spiro atoms. The molecule has 1 heterocycles. The Balaban J connectivity index is 2.10. The number of aromatic nitrogens is 1. The summed E-state index contributed by atoms with van der Waals surface area (Å²) in [6.45, 7) is 7.45. The Hall–Kier alpha value is -1.79. The van der Waals surface area contributed by atoms with E-state index < -0.39 is 0 Å². The summed E-state index contributed by atoms with van der Waals surface area (Å²) in [4.78, 5) is 19.5. The van der Waals surface area contributed by atoms with Crippen molar-refractivity contribution in [1.29, 1.82) is 0 Å². The minimum absolute atomic E-state index is 0.183. The van der Waals surface area contributed by atoms with Gasteiger partial charge in [0.1, 0.15) is 10.8 Å². The van der Waals surface area contributed by atoms with E-state index in [4.69, 9.17) is 4.74 Å². The third-order valence-corrected chi connectivity index (χ3v) is 4.47. The smallest absolute Gasteiger partial charge is 0.320 e. The van der Waals surface area contributed by atoms with Crippen molar-refractivity contribution >= 4 is 17.3 Å². The third-order valence-electron chi connectivity index (χ3n) is 3.41. The van der Waals surface area contributed by atoms with Gasteiger partial charge in [-0.3, -0.25) is 9.69 Å². The zero-order valence-corrected chi connectivity index (χ0v) is 14.5. The molecule has 0 radical (unpaired) electrons. The lowest BCUT2D eigenvalue weighted by Gasteiger charge is -2.20. The minimum Gasteiger partial charge on any atom is -0.465 e. The van der Waals surface area contributed by atoms with Crippen LogP contribution in [0.15, 0.2) is 24.3 Å². The number of benzene rings is 1. The van der Waals surface area contributed by atoms with Crippen LogP contribution in [0.1, 0.15) is 28.1 Å². The number of hydrogen-bond acceptors (Lipinski definition) is 5. The van der Waals surface area contributed by atoms with Crippen molar-refractivity contribution in [3.63, 3.8) is 0 Å². The van der Waals surface area contributed by atoms with Gasteiger partial charge in [0.15, 0.2) is 0 Å². The van der Waals surface area contributed by atoms with E-state index in [9.17, 15) is 9.18 Å². The second kappa shape index (κ2) is 8.17. The number of carbonyl (C=O) groups excluding carboxylic acids is 1. The average Bonchev–Trinajstić information content (AvgIpc) is 2.80. The van der Waals surface area contributed by atoms with Crippen molar-refractivity contribution in [2.75, 3.05) is 13.2 Å². The molecule has 0 amide bonds. The number of aryl methyl sites for hydroxylation is 2. The number of esters is 1. The van der Waals surface area contributed by atoms with Crippen LogP contribution in [0.3, 0.4) is 0 Å². The van der Waals surface area contributed by atoms with Crippen molar-refractivity contribution in [2.24, 2.45) is 0 Å². The van der Waals surface area contributed by atoms with Gasteiger partial charge < -0.3 is 4.74 Å². The number of carbonyl (C=O) groups is 1. The Morgan fingerprint density at radius 2 is 1.96 bits per heavy atom. The van der Waals surface area contributed by atoms with Crippen molar-refractivity contribution in [2.45, 2.75) is 33.9 Å². The zero-order valence-electron chi connectivity index (χ0n) is 13.6. The molecule has 0 N–H and O–H groups in total. The molecule has 1 aromatic carbocycles. The van der Waals surface area contributed by atoms with Gasteiger partial charge in [-0.05, 0) is 38.5 Å². The summed E-state index contributed by atoms with van der Waals surface area (Å²) >= 11 is 1.63. The molecule has 0 fully saturated rings. The molecule has 0 unspecified atom stereocenters. The normalized spacial score (nSPS) is 11.0. The molecule has 0 saturated carbocycles. The molecule has 124 valence electrons. The number of halogens is 1. The lowest BCUT2D eigenvalue weighted by Crippen LogP contribution is -2.30. The van der Waals surface area contributed by atoms with E-state index >= 15 is 0 Å². The third kappa shape index (κ3) is 5.41. The highest BCUT2D eigenvalue weighted by molar-refractivity contribution is 7.11. The summed E-state index contributed by atoms with van der Waals surface area (Å²) < 4.78 is 18.1. The topological polar surface area (TPSA) is 42.4 Å². The summed E-state index contributed by atoms with van der Waals surface area (Å²) in [5.74, 6) is -0.531. The van der Waals surface area contributed by atoms with E-state index in [1.165, 1.54) is 17.0 Å². The van der Waals surface area contributed by atoms with Crippen LogP contribution in [0, 0.1) is 19.7 Å². The summed E-state index contributed by atoms with van der Waals surface area (Å²) in [7, 11) is 0. The van der Waals surface area contributed by atoms with E-state index in [1.54, 1.807) is 30.4 Å². The Labute approximate surface area is 139 Å². The summed E-state index contributed by atoms with van der Waals surface area (Å²) in [6, 6.07) is 6.31. The van der Waals surface area contributed by atoms with E-state index in [1.807, 2.05) is 18.7 Å². The van der Waals surface area contributed by atoms with Crippen LogP contribution in [0.5, 0.6) is 0 Å². The molecule has 23 heavy (non-hydrogen) atoms. The fourth-order valence-corrected chi connectivity index (χ4v) is 3.18. The highest BCUT2D eigenvalue weighted by Crippen LogP contribution is 2.19. The standard InChI is InChI=1S/C17H21FN2O2S/c1-4-22-17(21)11-20(9-14-5-7-15(18)8-6-14)10-16-19-12(2)13(3)23-16/h5-8H,4,9-11H2,1-3H3. The maximum Gasteiger partial charge on any atom is 0.320 e. The zero-order chi connectivity index (χ0) is 16.8. The molecule has 0 aliphatic carbocycles. The van der Waals surface area contributed by atoms with E-state index in [-0.39, 0.29) is 18.3 Å². The summed E-state index contributed by atoms with van der Waals surface area (Å²) in [5.41, 5.74) is 1.96. The molecular formula is C17H21FN2O2S. The van der Waals surface area contributed by atoms with Crippen LogP contribution in [-0.2, 0) is 22.6 Å². The van der Waals surface area contributed by atoms with Gasteiger partial charge >= 0.3 is 5.97 Å². The molecular weight excluding hydrogens is 315 g/mol. The van der Waals surface area contributed by atoms with Crippen molar-refractivity contribution in [3.05, 3.63) is 51.2 Å². The van der Waals surface area contributed by atoms with Gasteiger partial charge in [-0.25, -0.2) is 9.37 Å². The Kier molecular flexibility index (Phi) is 6.24. The maximum atomic E-state index is 13.0. The Morgan fingerprint density at radius 1 is 1.26 bits per heavy atom. The fourth-order valence-electron chi connectivity index (χ4n) is 2.20. The van der Waals surface area contributed by atoms with E-state index in [2.05, 4.69) is 4.98 Å². The first-order valence-electron chi connectivity index (χ1n) is 7.53. The average molecular weight is 336 g/mol. The van der Waals surface area contributed by atoms with Crippen molar-refractivity contribution in [1.82, 2.24) is 9.88 Å². The number of thiazole rings is 1. The molecule has 4 nitrogen and oxygen atoms in total. The molecule has 1 aromatic heterocycles. The highest BCUT2D eigenvalue weighted by atomic mass is 32.1. The van der Waals surface area contributed by atoms with E-state index in [0.717, 1.165) is 16.3 Å². The molecule has 6 heteroatoms. The monoisotopic (exact) mass is 336 g/mol. The lowest BCUT2D eigenvalue weighted by atomic mass is 10.2. The Morgan fingerprint density at radius 3 is 2.52 bits per heavy atom. The predicted molar refractivity (Wildman–Crippen MR) is 88.7 cm³/mol. The molecule has 0 aliphatic heterocycles. The highest BCUT2D eigenvalue weighted by Gasteiger charge is 2.15. The van der Waals surface area contributed by atoms with Crippen LogP contribution in [-0.4, -0.2) is 29.0 Å². The van der Waals surface area contributed by atoms with Gasteiger partial charge in [0, 0.05) is 11.4 Å². The second-order valence-corrected chi connectivity index (χ2v) is 6.61. The number of rotatable bonds is 7. The van der Waals surface area contributed by atoms with Gasteiger partial charge in [0.05, 0.1) is 25.4 Å². The summed E-state index contributed by atoms with van der Waals surface area (Å²) in [6.07, 6.45) is 0. The van der Waals surface area contributed by atoms with Gasteiger partial charge in [0.2, 0.25) is 0 Å². The lowest BCUT2D eigenvalue weighted by molar-refractivity contribution is -0.144. The Bertz CT molecular complexity index is 636. The molecule has 2 aromatic rings. The molecule has 2 rings (SSSR count). The van der Waals surface area contributed by atoms with Gasteiger partial charge in [0.25, 0.3) is 0 Å². The summed E-state index contributed by atoms with van der Waals surface area (Å²) in [5, 5.41) is 0.964. The van der Waals surface area contributed by atoms with Crippen LogP contribution in [0.4, 0.5) is 4.39 Å². The quantitative estimate of drug-likeness (QED) is 0.726. The predicted octanol–water partition coefficient (Wildman–Crippen LogP) is 3.46. The maximum absolute atomic E-state index is 13.0.